The first kappa shape index (κ1) is 20.6. The van der Waals surface area contributed by atoms with E-state index in [1.165, 1.54) is 9.87 Å². The molecule has 8 heteroatoms. The second kappa shape index (κ2) is 7.70. The molecule has 1 aromatic rings. The number of rotatable bonds is 3. The molecule has 150 valence electrons. The number of benzene rings is 1. The van der Waals surface area contributed by atoms with Gasteiger partial charge >= 0.3 is 0 Å². The first-order valence-electron chi connectivity index (χ1n) is 9.60. The van der Waals surface area contributed by atoms with Crippen molar-refractivity contribution < 1.29 is 13.2 Å². The number of sulfonamides is 1. The molecule has 1 amide bonds. The van der Waals surface area contributed by atoms with Gasteiger partial charge in [0.05, 0.1) is 10.4 Å². The lowest BCUT2D eigenvalue weighted by molar-refractivity contribution is -0.138. The van der Waals surface area contributed by atoms with Gasteiger partial charge in [0, 0.05) is 26.2 Å². The first-order chi connectivity index (χ1) is 12.4. The number of carbonyl (C=O) groups is 1. The summed E-state index contributed by atoms with van der Waals surface area (Å²) in [7, 11) is -3.50. The maximum absolute atomic E-state index is 13.0. The zero-order valence-corrected chi connectivity index (χ0v) is 17.2. The minimum atomic E-state index is -3.50. The van der Waals surface area contributed by atoms with Crippen molar-refractivity contribution in [3.8, 4) is 0 Å². The summed E-state index contributed by atoms with van der Waals surface area (Å²) < 4.78 is 27.5. The van der Waals surface area contributed by atoms with E-state index in [0.717, 1.165) is 50.5 Å². The lowest BCUT2D eigenvalue weighted by Crippen LogP contribution is -2.59. The number of hydrogen-bond acceptors (Lipinski definition) is 4. The van der Waals surface area contributed by atoms with Crippen LogP contribution in [0.2, 0.25) is 0 Å². The van der Waals surface area contributed by atoms with Crippen LogP contribution in [0.3, 0.4) is 0 Å². The Labute approximate surface area is 167 Å². The molecule has 6 nitrogen and oxygen atoms in total. The molecule has 2 aliphatic carbocycles. The molecule has 27 heavy (non-hydrogen) atoms. The average Bonchev–Trinajstić information content (AvgIpc) is 3.30. The number of carbonyl (C=O) groups excluding carboxylic acids is 1. The van der Waals surface area contributed by atoms with Gasteiger partial charge < -0.3 is 10.6 Å². The van der Waals surface area contributed by atoms with E-state index in [1.54, 1.807) is 11.0 Å². The Morgan fingerprint density at radius 1 is 0.963 bits per heavy atom. The van der Waals surface area contributed by atoms with Gasteiger partial charge in [-0.1, -0.05) is 18.9 Å². The second-order valence-corrected chi connectivity index (χ2v) is 9.78. The minimum absolute atomic E-state index is 0. The van der Waals surface area contributed by atoms with Crippen molar-refractivity contribution in [3.63, 3.8) is 0 Å². The van der Waals surface area contributed by atoms with Gasteiger partial charge in [-0.3, -0.25) is 4.79 Å². The van der Waals surface area contributed by atoms with Gasteiger partial charge in [0.2, 0.25) is 15.9 Å². The highest BCUT2D eigenvalue weighted by atomic mass is 35.5. The molecule has 1 saturated heterocycles. The molecule has 1 heterocycles. The zero-order chi connectivity index (χ0) is 18.4. The number of nitrogens with zero attached hydrogens (tertiary/aromatic N) is 2. The summed E-state index contributed by atoms with van der Waals surface area (Å²) >= 11 is 0. The summed E-state index contributed by atoms with van der Waals surface area (Å²) in [5, 5.41) is 0. The Kier molecular flexibility index (Phi) is 5.87. The monoisotopic (exact) mass is 413 g/mol. The highest BCUT2D eigenvalue weighted by Gasteiger charge is 2.41. The lowest BCUT2D eigenvalue weighted by atomic mass is 9.97. The third kappa shape index (κ3) is 3.75. The Morgan fingerprint density at radius 2 is 1.59 bits per heavy atom. The van der Waals surface area contributed by atoms with E-state index in [0.29, 0.717) is 31.1 Å². The van der Waals surface area contributed by atoms with Crippen molar-refractivity contribution in [2.24, 2.45) is 5.73 Å². The van der Waals surface area contributed by atoms with Crippen LogP contribution in [0.5, 0.6) is 0 Å². The minimum Gasteiger partial charge on any atom is -0.338 e. The third-order valence-electron chi connectivity index (χ3n) is 6.16. The standard InChI is InChI=1S/C19H27N3O3S.ClH/c20-19(8-1-2-9-19)18(23)21-10-12-22(13-11-21)26(24,25)17-7-6-15-4-3-5-16(15)14-17;/h6-7,14H,1-5,8-13,20H2;1H. The molecule has 3 aliphatic rings. The van der Waals surface area contributed by atoms with Crippen LogP contribution in [0, 0.1) is 0 Å². The summed E-state index contributed by atoms with van der Waals surface area (Å²) in [4.78, 5) is 14.8. The molecule has 0 bridgehead atoms. The lowest BCUT2D eigenvalue weighted by Gasteiger charge is -2.37. The Balaban J connectivity index is 0.00000210. The molecule has 1 aliphatic heterocycles. The van der Waals surface area contributed by atoms with Gasteiger partial charge in [-0.15, -0.1) is 12.4 Å². The van der Waals surface area contributed by atoms with E-state index in [2.05, 4.69) is 0 Å². The van der Waals surface area contributed by atoms with Crippen LogP contribution in [0.1, 0.15) is 43.2 Å². The Morgan fingerprint density at radius 3 is 2.26 bits per heavy atom. The number of piperazine rings is 1. The summed E-state index contributed by atoms with van der Waals surface area (Å²) in [5.41, 5.74) is 7.97. The molecule has 1 saturated carbocycles. The largest absolute Gasteiger partial charge is 0.338 e. The third-order valence-corrected chi connectivity index (χ3v) is 8.05. The Hall–Kier alpha value is -1.15. The van der Waals surface area contributed by atoms with Crippen molar-refractivity contribution in [2.45, 2.75) is 55.4 Å². The quantitative estimate of drug-likeness (QED) is 0.817. The molecular formula is C19H28ClN3O3S. The molecule has 1 aromatic carbocycles. The van der Waals surface area contributed by atoms with Crippen LogP contribution in [-0.4, -0.2) is 55.2 Å². The number of halogens is 1. The van der Waals surface area contributed by atoms with Crippen molar-refractivity contribution in [2.75, 3.05) is 26.2 Å². The van der Waals surface area contributed by atoms with Crippen LogP contribution < -0.4 is 5.73 Å². The van der Waals surface area contributed by atoms with Crippen LogP contribution in [0.25, 0.3) is 0 Å². The average molecular weight is 414 g/mol. The van der Waals surface area contributed by atoms with Gasteiger partial charge in [-0.05, 0) is 55.4 Å². The molecule has 2 N–H and O–H groups in total. The maximum Gasteiger partial charge on any atom is 0.243 e. The van der Waals surface area contributed by atoms with E-state index in [4.69, 9.17) is 5.73 Å². The fourth-order valence-corrected chi connectivity index (χ4v) is 6.00. The number of aryl methyl sites for hydroxylation is 2. The maximum atomic E-state index is 13.0. The highest BCUT2D eigenvalue weighted by molar-refractivity contribution is 7.89. The topological polar surface area (TPSA) is 83.7 Å². The molecule has 0 spiro atoms. The summed E-state index contributed by atoms with van der Waals surface area (Å²) in [5.74, 6) is -0.00965. The predicted octanol–water partition coefficient (Wildman–Crippen LogP) is 1.70. The summed E-state index contributed by atoms with van der Waals surface area (Å²) in [6, 6.07) is 5.51. The van der Waals surface area contributed by atoms with Gasteiger partial charge in [0.25, 0.3) is 0 Å². The van der Waals surface area contributed by atoms with Gasteiger partial charge in [-0.2, -0.15) is 4.31 Å². The van der Waals surface area contributed by atoms with Crippen LogP contribution in [0.4, 0.5) is 0 Å². The van der Waals surface area contributed by atoms with Crippen molar-refractivity contribution in [1.29, 1.82) is 0 Å². The molecular weight excluding hydrogens is 386 g/mol. The normalized spacial score (nSPS) is 22.3. The van der Waals surface area contributed by atoms with E-state index < -0.39 is 15.6 Å². The molecule has 0 radical (unpaired) electrons. The number of fused-ring (bicyclic) bond motifs is 1. The molecule has 4 rings (SSSR count). The Bertz CT molecular complexity index is 813. The SMILES string of the molecule is Cl.NC1(C(=O)N2CCN(S(=O)(=O)c3ccc4c(c3)CCC4)CC2)CCCC1. The van der Waals surface area contributed by atoms with Crippen LogP contribution >= 0.6 is 12.4 Å². The van der Waals surface area contributed by atoms with Crippen molar-refractivity contribution in [1.82, 2.24) is 9.21 Å². The van der Waals surface area contributed by atoms with Crippen molar-refractivity contribution >= 4 is 28.3 Å². The van der Waals surface area contributed by atoms with E-state index in [1.807, 2.05) is 12.1 Å². The van der Waals surface area contributed by atoms with E-state index in [-0.39, 0.29) is 18.3 Å². The van der Waals surface area contributed by atoms with Gasteiger partial charge in [0.15, 0.2) is 0 Å². The molecule has 2 fully saturated rings. The highest BCUT2D eigenvalue weighted by Crippen LogP contribution is 2.30. The molecule has 0 aromatic heterocycles. The van der Waals surface area contributed by atoms with Crippen LogP contribution in [-0.2, 0) is 27.7 Å². The fraction of sp³-hybridized carbons (Fsp3) is 0.632. The van der Waals surface area contributed by atoms with Crippen molar-refractivity contribution in [3.05, 3.63) is 29.3 Å². The molecule has 0 atom stereocenters. The molecule has 0 unspecified atom stereocenters. The zero-order valence-electron chi connectivity index (χ0n) is 15.5. The van der Waals surface area contributed by atoms with E-state index in [9.17, 15) is 13.2 Å². The number of hydrogen-bond donors (Lipinski definition) is 1. The van der Waals surface area contributed by atoms with Gasteiger partial charge in [0.1, 0.15) is 0 Å². The first-order valence-corrected chi connectivity index (χ1v) is 11.0. The second-order valence-electron chi connectivity index (χ2n) is 7.84. The van der Waals surface area contributed by atoms with Gasteiger partial charge in [-0.25, -0.2) is 8.42 Å². The smallest absolute Gasteiger partial charge is 0.243 e. The predicted molar refractivity (Wildman–Crippen MR) is 106 cm³/mol. The summed E-state index contributed by atoms with van der Waals surface area (Å²) in [6.07, 6.45) is 6.56. The van der Waals surface area contributed by atoms with Crippen LogP contribution in [0.15, 0.2) is 23.1 Å². The number of amides is 1. The summed E-state index contributed by atoms with van der Waals surface area (Å²) in [6.45, 7) is 1.51. The number of nitrogens with two attached hydrogens (primary N) is 1. The van der Waals surface area contributed by atoms with E-state index >= 15 is 0 Å². The fourth-order valence-electron chi connectivity index (χ4n) is 4.52.